The van der Waals surface area contributed by atoms with Gasteiger partial charge in [0.2, 0.25) is 0 Å². The quantitative estimate of drug-likeness (QED) is 0.623. The maximum atomic E-state index is 13.0. The van der Waals surface area contributed by atoms with Gasteiger partial charge in [-0.05, 0) is 37.3 Å². The summed E-state index contributed by atoms with van der Waals surface area (Å²) in [5.41, 5.74) is 0.659. The van der Waals surface area contributed by atoms with E-state index >= 15 is 0 Å². The first-order chi connectivity index (χ1) is 13.8. The van der Waals surface area contributed by atoms with Crippen LogP contribution in [0.4, 0.5) is 5.69 Å². The van der Waals surface area contributed by atoms with Crippen molar-refractivity contribution in [2.24, 2.45) is 11.8 Å². The number of quaternary nitrogens is 2. The highest BCUT2D eigenvalue weighted by Gasteiger charge is 2.36. The first kappa shape index (κ1) is 22.1. The maximum Gasteiger partial charge on any atom is 0.280 e. The number of piperazine rings is 1. The van der Waals surface area contributed by atoms with Gasteiger partial charge in [-0.3, -0.25) is 9.59 Å². The fourth-order valence-corrected chi connectivity index (χ4v) is 4.99. The molecule has 3 rings (SSSR count). The number of nitrogens with zero attached hydrogens (tertiary/aromatic N) is 1. The van der Waals surface area contributed by atoms with Crippen molar-refractivity contribution in [2.75, 3.05) is 51.1 Å². The predicted octanol–water partition coefficient (Wildman–Crippen LogP) is -0.0451. The highest BCUT2D eigenvalue weighted by Crippen LogP contribution is 2.21. The summed E-state index contributed by atoms with van der Waals surface area (Å²) in [5, 5.41) is 3.46. The van der Waals surface area contributed by atoms with Crippen molar-refractivity contribution in [2.45, 2.75) is 33.2 Å². The standard InChI is InChI=1S/C22H33ClN4O2/c1-16-12-17(2)14-27(13-16)22(29)18(3)26-10-8-25(9-11-26)15-21(28)24-20-7-5-4-6-19(20)23/h4-7,16-18H,8-15H2,1-3H3,(H,24,28)/p+2/t16-,17+,18-/m1/s1. The van der Waals surface area contributed by atoms with E-state index in [2.05, 4.69) is 31.0 Å². The molecule has 0 spiro atoms. The van der Waals surface area contributed by atoms with Gasteiger partial charge in [-0.25, -0.2) is 0 Å². The largest absolute Gasteiger partial charge is 0.337 e. The Kier molecular flexibility index (Phi) is 7.55. The molecule has 0 aliphatic carbocycles. The second-order valence-electron chi connectivity index (χ2n) is 9.02. The Morgan fingerprint density at radius 2 is 1.76 bits per heavy atom. The summed E-state index contributed by atoms with van der Waals surface area (Å²) in [5.74, 6) is 1.45. The van der Waals surface area contributed by atoms with Gasteiger partial charge < -0.3 is 20.0 Å². The third-order valence-corrected chi connectivity index (χ3v) is 6.65. The van der Waals surface area contributed by atoms with Gasteiger partial charge in [-0.1, -0.05) is 37.6 Å². The topological polar surface area (TPSA) is 58.3 Å². The zero-order chi connectivity index (χ0) is 21.0. The molecule has 3 atom stereocenters. The minimum atomic E-state index is -0.0167. The molecule has 1 aromatic carbocycles. The molecule has 6 nitrogen and oxygen atoms in total. The molecule has 7 heteroatoms. The molecule has 0 saturated carbocycles. The lowest BCUT2D eigenvalue weighted by Gasteiger charge is -2.38. The van der Waals surface area contributed by atoms with Gasteiger partial charge in [-0.15, -0.1) is 0 Å². The van der Waals surface area contributed by atoms with Crippen molar-refractivity contribution in [1.29, 1.82) is 0 Å². The molecule has 160 valence electrons. The van der Waals surface area contributed by atoms with Gasteiger partial charge in [0, 0.05) is 13.1 Å². The summed E-state index contributed by atoms with van der Waals surface area (Å²) in [7, 11) is 0. The minimum absolute atomic E-state index is 0.00833. The van der Waals surface area contributed by atoms with E-state index in [-0.39, 0.29) is 11.9 Å². The van der Waals surface area contributed by atoms with Crippen LogP contribution in [0.1, 0.15) is 27.2 Å². The van der Waals surface area contributed by atoms with Crippen molar-refractivity contribution in [3.63, 3.8) is 0 Å². The summed E-state index contributed by atoms with van der Waals surface area (Å²) in [4.78, 5) is 30.1. The van der Waals surface area contributed by atoms with E-state index in [4.69, 9.17) is 11.6 Å². The first-order valence-corrected chi connectivity index (χ1v) is 11.2. The van der Waals surface area contributed by atoms with Crippen LogP contribution in [-0.4, -0.2) is 68.6 Å². The average Bonchev–Trinajstić information content (AvgIpc) is 2.68. The number of carbonyl (C=O) groups is 2. The zero-order valence-corrected chi connectivity index (χ0v) is 18.6. The number of para-hydroxylation sites is 1. The molecule has 2 aliphatic heterocycles. The Hall–Kier alpha value is -1.63. The van der Waals surface area contributed by atoms with Crippen LogP contribution in [0.15, 0.2) is 24.3 Å². The smallest absolute Gasteiger partial charge is 0.280 e. The van der Waals surface area contributed by atoms with Gasteiger partial charge in [0.15, 0.2) is 12.6 Å². The number of carbonyl (C=O) groups excluding carboxylic acids is 2. The van der Waals surface area contributed by atoms with Gasteiger partial charge in [-0.2, -0.15) is 0 Å². The lowest BCUT2D eigenvalue weighted by Crippen LogP contribution is -3.30. The minimum Gasteiger partial charge on any atom is -0.337 e. The van der Waals surface area contributed by atoms with Crippen LogP contribution < -0.4 is 15.1 Å². The molecule has 2 amide bonds. The molecular formula is C22H35ClN4O2+2. The Bertz CT molecular complexity index is 711. The molecule has 2 saturated heterocycles. The van der Waals surface area contributed by atoms with Gasteiger partial charge in [0.1, 0.15) is 26.2 Å². The third-order valence-electron chi connectivity index (χ3n) is 6.32. The van der Waals surface area contributed by atoms with Crippen LogP contribution in [0.25, 0.3) is 0 Å². The molecule has 0 unspecified atom stereocenters. The number of nitrogens with one attached hydrogen (secondary N) is 3. The van der Waals surface area contributed by atoms with Crippen molar-refractivity contribution in [3.05, 3.63) is 29.3 Å². The lowest BCUT2D eigenvalue weighted by molar-refractivity contribution is -1.01. The molecular weight excluding hydrogens is 388 g/mol. The lowest BCUT2D eigenvalue weighted by atomic mass is 9.91. The van der Waals surface area contributed by atoms with E-state index in [1.807, 2.05) is 18.2 Å². The second-order valence-corrected chi connectivity index (χ2v) is 9.43. The third kappa shape index (κ3) is 5.93. The van der Waals surface area contributed by atoms with Crippen LogP contribution in [0.2, 0.25) is 5.02 Å². The summed E-state index contributed by atoms with van der Waals surface area (Å²) in [6.07, 6.45) is 1.21. The SMILES string of the molecule is C[C@@H]1C[C@H](C)CN(C(=O)[C@@H](C)[NH+]2CC[NH+](CC(=O)Nc3ccccc3Cl)CC2)C1. The Morgan fingerprint density at radius 3 is 2.38 bits per heavy atom. The van der Waals surface area contributed by atoms with E-state index < -0.39 is 0 Å². The number of rotatable bonds is 5. The molecule has 2 fully saturated rings. The molecule has 29 heavy (non-hydrogen) atoms. The number of hydrogen-bond acceptors (Lipinski definition) is 2. The predicted molar refractivity (Wildman–Crippen MR) is 115 cm³/mol. The molecule has 0 bridgehead atoms. The number of anilines is 1. The van der Waals surface area contributed by atoms with E-state index in [1.165, 1.54) is 16.2 Å². The molecule has 1 aromatic rings. The maximum absolute atomic E-state index is 13.0. The fourth-order valence-electron chi connectivity index (χ4n) is 4.81. The number of likely N-dealkylation sites (tertiary alicyclic amines) is 1. The van der Waals surface area contributed by atoms with Crippen molar-refractivity contribution >= 4 is 29.1 Å². The average molecular weight is 423 g/mol. The molecule has 0 radical (unpaired) electrons. The van der Waals surface area contributed by atoms with Crippen LogP contribution in [-0.2, 0) is 9.59 Å². The Morgan fingerprint density at radius 1 is 1.14 bits per heavy atom. The number of hydrogen-bond donors (Lipinski definition) is 3. The summed E-state index contributed by atoms with van der Waals surface area (Å²) in [6, 6.07) is 7.28. The summed E-state index contributed by atoms with van der Waals surface area (Å²) in [6.45, 7) is 12.4. The van der Waals surface area contributed by atoms with Crippen molar-refractivity contribution < 1.29 is 19.4 Å². The van der Waals surface area contributed by atoms with Gasteiger partial charge in [0.25, 0.3) is 11.8 Å². The van der Waals surface area contributed by atoms with Crippen LogP contribution >= 0.6 is 11.6 Å². The van der Waals surface area contributed by atoms with Crippen molar-refractivity contribution in [3.8, 4) is 0 Å². The normalized spacial score (nSPS) is 28.6. The number of benzene rings is 1. The number of halogens is 1. The highest BCUT2D eigenvalue weighted by molar-refractivity contribution is 6.33. The van der Waals surface area contributed by atoms with E-state index in [9.17, 15) is 9.59 Å². The second kappa shape index (κ2) is 9.92. The highest BCUT2D eigenvalue weighted by atomic mass is 35.5. The number of piperidine rings is 1. The molecule has 2 heterocycles. The Balaban J connectivity index is 1.45. The van der Waals surface area contributed by atoms with E-state index in [1.54, 1.807) is 6.07 Å². The number of amides is 2. The van der Waals surface area contributed by atoms with Crippen LogP contribution in [0.3, 0.4) is 0 Å². The van der Waals surface area contributed by atoms with E-state index in [0.717, 1.165) is 39.3 Å². The zero-order valence-electron chi connectivity index (χ0n) is 17.8. The van der Waals surface area contributed by atoms with Crippen LogP contribution in [0.5, 0.6) is 0 Å². The van der Waals surface area contributed by atoms with Crippen molar-refractivity contribution in [1.82, 2.24) is 4.90 Å². The summed E-state index contributed by atoms with van der Waals surface area (Å²) < 4.78 is 0. The van der Waals surface area contributed by atoms with Crippen LogP contribution in [0, 0.1) is 11.8 Å². The Labute approximate surface area is 179 Å². The molecule has 0 aromatic heterocycles. The first-order valence-electron chi connectivity index (χ1n) is 10.8. The van der Waals surface area contributed by atoms with Gasteiger partial charge >= 0.3 is 0 Å². The molecule has 2 aliphatic rings. The molecule has 3 N–H and O–H groups in total. The fraction of sp³-hybridized carbons (Fsp3) is 0.636. The monoisotopic (exact) mass is 422 g/mol. The van der Waals surface area contributed by atoms with Gasteiger partial charge in [0.05, 0.1) is 10.7 Å². The summed E-state index contributed by atoms with van der Waals surface area (Å²) >= 11 is 6.12. The van der Waals surface area contributed by atoms with E-state index in [0.29, 0.717) is 35.0 Å².